The first kappa shape index (κ1) is 10.7. The highest BCUT2D eigenvalue weighted by Crippen LogP contribution is 2.25. The summed E-state index contributed by atoms with van der Waals surface area (Å²) in [5.74, 6) is 0. The summed E-state index contributed by atoms with van der Waals surface area (Å²) < 4.78 is 0. The molecule has 0 atom stereocenters. The Balaban J connectivity index is 2.07. The Morgan fingerprint density at radius 1 is 1.24 bits per heavy atom. The van der Waals surface area contributed by atoms with E-state index in [1.54, 1.807) is 0 Å². The number of nitrogens with one attached hydrogen (secondary N) is 1. The predicted molar refractivity (Wildman–Crippen MR) is 71.1 cm³/mol. The number of hydrogen-bond donors (Lipinski definition) is 1. The standard InChI is InChI=1S/C15H18N2/c1-10-11(2)17-15-6-4-3-5-13(15)14(10)9-16-12-7-8-12/h3-6,12,16H,7-9H2,1-2H3. The minimum atomic E-state index is 0.752. The van der Waals surface area contributed by atoms with Gasteiger partial charge in [-0.15, -0.1) is 0 Å². The van der Waals surface area contributed by atoms with Gasteiger partial charge in [-0.25, -0.2) is 0 Å². The van der Waals surface area contributed by atoms with Crippen LogP contribution in [0.25, 0.3) is 10.9 Å². The quantitative estimate of drug-likeness (QED) is 0.870. The van der Waals surface area contributed by atoms with Crippen LogP contribution in [0.2, 0.25) is 0 Å². The summed E-state index contributed by atoms with van der Waals surface area (Å²) in [6.45, 7) is 5.25. The number of para-hydroxylation sites is 1. The highest BCUT2D eigenvalue weighted by atomic mass is 14.9. The van der Waals surface area contributed by atoms with Crippen molar-refractivity contribution in [3.63, 3.8) is 0 Å². The van der Waals surface area contributed by atoms with Gasteiger partial charge >= 0.3 is 0 Å². The van der Waals surface area contributed by atoms with Crippen molar-refractivity contribution in [3.05, 3.63) is 41.1 Å². The first-order chi connectivity index (χ1) is 8.25. The zero-order valence-electron chi connectivity index (χ0n) is 10.5. The van der Waals surface area contributed by atoms with Gasteiger partial charge in [-0.05, 0) is 43.9 Å². The van der Waals surface area contributed by atoms with Gasteiger partial charge in [0.25, 0.3) is 0 Å². The van der Waals surface area contributed by atoms with Gasteiger partial charge in [-0.2, -0.15) is 0 Å². The summed E-state index contributed by atoms with van der Waals surface area (Å²) in [4.78, 5) is 4.65. The number of hydrogen-bond acceptors (Lipinski definition) is 2. The van der Waals surface area contributed by atoms with Crippen molar-refractivity contribution in [2.45, 2.75) is 39.3 Å². The fourth-order valence-corrected chi connectivity index (χ4v) is 2.27. The van der Waals surface area contributed by atoms with Gasteiger partial charge in [0.15, 0.2) is 0 Å². The number of pyridine rings is 1. The molecule has 2 heteroatoms. The van der Waals surface area contributed by atoms with E-state index in [1.165, 1.54) is 29.4 Å². The zero-order chi connectivity index (χ0) is 11.8. The Bertz CT molecular complexity index is 556. The van der Waals surface area contributed by atoms with Gasteiger partial charge in [0.2, 0.25) is 0 Å². The summed E-state index contributed by atoms with van der Waals surface area (Å²) >= 11 is 0. The van der Waals surface area contributed by atoms with Crippen molar-refractivity contribution < 1.29 is 0 Å². The first-order valence-electron chi connectivity index (χ1n) is 6.34. The fourth-order valence-electron chi connectivity index (χ4n) is 2.27. The van der Waals surface area contributed by atoms with Crippen LogP contribution in [0.3, 0.4) is 0 Å². The molecule has 1 saturated carbocycles. The minimum absolute atomic E-state index is 0.752. The van der Waals surface area contributed by atoms with Crippen molar-refractivity contribution in [1.82, 2.24) is 10.3 Å². The molecule has 0 saturated heterocycles. The monoisotopic (exact) mass is 226 g/mol. The fraction of sp³-hybridized carbons (Fsp3) is 0.400. The third-order valence-corrected chi connectivity index (χ3v) is 3.66. The first-order valence-corrected chi connectivity index (χ1v) is 6.34. The second-order valence-corrected chi connectivity index (χ2v) is 4.97. The molecule has 0 amide bonds. The third kappa shape index (κ3) is 2.05. The Hall–Kier alpha value is -1.41. The molecular formula is C15H18N2. The molecule has 2 nitrogen and oxygen atoms in total. The average Bonchev–Trinajstić information content (AvgIpc) is 3.14. The number of benzene rings is 1. The molecule has 0 bridgehead atoms. The second kappa shape index (κ2) is 4.11. The summed E-state index contributed by atoms with van der Waals surface area (Å²) in [5.41, 5.74) is 5.01. The molecule has 1 aromatic carbocycles. The number of aryl methyl sites for hydroxylation is 1. The highest BCUT2D eigenvalue weighted by molar-refractivity contribution is 5.83. The molecule has 3 rings (SSSR count). The zero-order valence-corrected chi connectivity index (χ0v) is 10.5. The molecule has 0 radical (unpaired) electrons. The predicted octanol–water partition coefficient (Wildman–Crippen LogP) is 3.10. The number of nitrogens with zero attached hydrogens (tertiary/aromatic N) is 1. The van der Waals surface area contributed by atoms with Crippen LogP contribution in [0.4, 0.5) is 0 Å². The van der Waals surface area contributed by atoms with Crippen LogP contribution < -0.4 is 5.32 Å². The average molecular weight is 226 g/mol. The Morgan fingerprint density at radius 2 is 2.00 bits per heavy atom. The van der Waals surface area contributed by atoms with Crippen LogP contribution in [0, 0.1) is 13.8 Å². The normalized spacial score (nSPS) is 15.4. The molecule has 0 unspecified atom stereocenters. The summed E-state index contributed by atoms with van der Waals surface area (Å²) in [7, 11) is 0. The van der Waals surface area contributed by atoms with Crippen LogP contribution in [0.5, 0.6) is 0 Å². The van der Waals surface area contributed by atoms with E-state index < -0.39 is 0 Å². The van der Waals surface area contributed by atoms with Gasteiger partial charge in [-0.3, -0.25) is 4.98 Å². The molecule has 2 aromatic rings. The maximum absolute atomic E-state index is 4.65. The number of aromatic nitrogens is 1. The molecule has 0 spiro atoms. The Labute approximate surface area is 102 Å². The van der Waals surface area contributed by atoms with Crippen LogP contribution >= 0.6 is 0 Å². The molecule has 0 aliphatic heterocycles. The van der Waals surface area contributed by atoms with Crippen molar-refractivity contribution in [3.8, 4) is 0 Å². The topological polar surface area (TPSA) is 24.9 Å². The Kier molecular flexibility index (Phi) is 2.60. The highest BCUT2D eigenvalue weighted by Gasteiger charge is 2.21. The van der Waals surface area contributed by atoms with E-state index in [0.717, 1.165) is 23.8 Å². The minimum Gasteiger partial charge on any atom is -0.310 e. The van der Waals surface area contributed by atoms with E-state index >= 15 is 0 Å². The molecular weight excluding hydrogens is 208 g/mol. The van der Waals surface area contributed by atoms with Gasteiger partial charge in [0.1, 0.15) is 0 Å². The van der Waals surface area contributed by atoms with E-state index in [0.29, 0.717) is 0 Å². The SMILES string of the molecule is Cc1nc2ccccc2c(CNC2CC2)c1C. The molecule has 1 aliphatic rings. The van der Waals surface area contributed by atoms with E-state index in [-0.39, 0.29) is 0 Å². The molecule has 1 aromatic heterocycles. The van der Waals surface area contributed by atoms with Crippen LogP contribution in [-0.4, -0.2) is 11.0 Å². The van der Waals surface area contributed by atoms with Gasteiger partial charge in [0, 0.05) is 23.7 Å². The number of fused-ring (bicyclic) bond motifs is 1. The molecule has 1 N–H and O–H groups in total. The molecule has 1 fully saturated rings. The molecule has 1 heterocycles. The lowest BCUT2D eigenvalue weighted by atomic mass is 10.0. The van der Waals surface area contributed by atoms with Crippen LogP contribution in [-0.2, 0) is 6.54 Å². The molecule has 88 valence electrons. The second-order valence-electron chi connectivity index (χ2n) is 4.97. The lowest BCUT2D eigenvalue weighted by Gasteiger charge is -2.13. The van der Waals surface area contributed by atoms with Gasteiger partial charge in [-0.1, -0.05) is 18.2 Å². The molecule has 17 heavy (non-hydrogen) atoms. The van der Waals surface area contributed by atoms with E-state index in [9.17, 15) is 0 Å². The van der Waals surface area contributed by atoms with Crippen molar-refractivity contribution in [1.29, 1.82) is 0 Å². The van der Waals surface area contributed by atoms with Crippen molar-refractivity contribution in [2.75, 3.05) is 0 Å². The van der Waals surface area contributed by atoms with Crippen molar-refractivity contribution in [2.24, 2.45) is 0 Å². The summed E-state index contributed by atoms with van der Waals surface area (Å²) in [5, 5.41) is 4.90. The summed E-state index contributed by atoms with van der Waals surface area (Å²) in [6, 6.07) is 9.18. The van der Waals surface area contributed by atoms with E-state index in [1.807, 2.05) is 0 Å². The lowest BCUT2D eigenvalue weighted by molar-refractivity contribution is 0.687. The summed E-state index contributed by atoms with van der Waals surface area (Å²) in [6.07, 6.45) is 2.67. The maximum atomic E-state index is 4.65. The number of rotatable bonds is 3. The smallest absolute Gasteiger partial charge is 0.0708 e. The Morgan fingerprint density at radius 3 is 2.76 bits per heavy atom. The maximum Gasteiger partial charge on any atom is 0.0708 e. The van der Waals surface area contributed by atoms with E-state index in [4.69, 9.17) is 0 Å². The third-order valence-electron chi connectivity index (χ3n) is 3.66. The van der Waals surface area contributed by atoms with Crippen LogP contribution in [0.15, 0.2) is 24.3 Å². The van der Waals surface area contributed by atoms with Gasteiger partial charge in [0.05, 0.1) is 5.52 Å². The molecule has 1 aliphatic carbocycles. The largest absolute Gasteiger partial charge is 0.310 e. The van der Waals surface area contributed by atoms with Crippen LogP contribution in [0.1, 0.15) is 29.7 Å². The van der Waals surface area contributed by atoms with E-state index in [2.05, 4.69) is 48.4 Å². The lowest BCUT2D eigenvalue weighted by Crippen LogP contribution is -2.17. The van der Waals surface area contributed by atoms with Crippen molar-refractivity contribution >= 4 is 10.9 Å². The van der Waals surface area contributed by atoms with Gasteiger partial charge < -0.3 is 5.32 Å².